The Morgan fingerprint density at radius 1 is 1.06 bits per heavy atom. The van der Waals surface area contributed by atoms with Gasteiger partial charge in [0.1, 0.15) is 12.1 Å². The summed E-state index contributed by atoms with van der Waals surface area (Å²) in [6.07, 6.45) is 5.77. The number of carbonyl (C=O) groups is 1. The number of hydrogen-bond donors (Lipinski definition) is 2. The van der Waals surface area contributed by atoms with Gasteiger partial charge in [0.25, 0.3) is 0 Å². The maximum Gasteiger partial charge on any atom is 0.243 e. The summed E-state index contributed by atoms with van der Waals surface area (Å²) >= 11 is 0. The summed E-state index contributed by atoms with van der Waals surface area (Å²) < 4.78 is 10.8. The number of nitrogens with zero attached hydrogens (tertiary/aromatic N) is 3. The molecule has 0 fully saturated rings. The van der Waals surface area contributed by atoms with Crippen LogP contribution in [0.5, 0.6) is 11.5 Å². The molecule has 0 bridgehead atoms. The third-order valence-corrected chi connectivity index (χ3v) is 4.82. The van der Waals surface area contributed by atoms with Crippen molar-refractivity contribution in [2.45, 2.75) is 6.42 Å². The quantitative estimate of drug-likeness (QED) is 0.372. The fourth-order valence-electron chi connectivity index (χ4n) is 3.13. The monoisotopic (exact) mass is 435 g/mol. The van der Waals surface area contributed by atoms with Gasteiger partial charge in [0.15, 0.2) is 11.5 Å². The molecule has 3 rings (SSSR count). The lowest BCUT2D eigenvalue weighted by Gasteiger charge is -2.12. The van der Waals surface area contributed by atoms with Gasteiger partial charge in [-0.05, 0) is 56.9 Å². The number of rotatable bonds is 10. The molecule has 0 radical (unpaired) electrons. The molecule has 32 heavy (non-hydrogen) atoms. The van der Waals surface area contributed by atoms with Crippen molar-refractivity contribution in [3.8, 4) is 11.5 Å². The molecular formula is C24H29N5O3. The Morgan fingerprint density at radius 2 is 1.78 bits per heavy atom. The fraction of sp³-hybridized carbons (Fsp3) is 0.292. The predicted octanol–water partition coefficient (Wildman–Crippen LogP) is 3.47. The Kier molecular flexibility index (Phi) is 7.99. The summed E-state index contributed by atoms with van der Waals surface area (Å²) in [7, 11) is 7.22. The number of carbonyl (C=O) groups excluding carboxylic acids is 1. The van der Waals surface area contributed by atoms with E-state index in [1.165, 1.54) is 6.33 Å². The average Bonchev–Trinajstić information content (AvgIpc) is 2.80. The van der Waals surface area contributed by atoms with Crippen LogP contribution in [0.25, 0.3) is 17.0 Å². The Balaban J connectivity index is 1.66. The molecule has 0 aliphatic carbocycles. The van der Waals surface area contributed by atoms with Crippen LogP contribution in [0, 0.1) is 0 Å². The first-order chi connectivity index (χ1) is 15.5. The van der Waals surface area contributed by atoms with Gasteiger partial charge in [-0.15, -0.1) is 0 Å². The highest BCUT2D eigenvalue weighted by Crippen LogP contribution is 2.34. The molecule has 1 aromatic heterocycles. The molecule has 2 N–H and O–H groups in total. The molecule has 168 valence electrons. The number of benzene rings is 2. The standard InChI is InChI=1S/C24H29N5O3/c1-29(2)13-5-12-25-23(30)11-8-17-6-9-18(10-7-17)28-24-19-14-21(31-3)22(32-4)15-20(19)26-16-27-24/h6-11,14-16H,5,12-13H2,1-4H3,(H,25,30)(H,26,27,28)/b11-8+. The molecule has 3 aromatic rings. The van der Waals surface area contributed by atoms with Gasteiger partial charge < -0.3 is 25.0 Å². The molecule has 1 amide bonds. The fourth-order valence-corrected chi connectivity index (χ4v) is 3.13. The Morgan fingerprint density at radius 3 is 2.47 bits per heavy atom. The highest BCUT2D eigenvalue weighted by molar-refractivity contribution is 5.93. The van der Waals surface area contributed by atoms with Crippen molar-refractivity contribution in [2.75, 3.05) is 46.7 Å². The number of anilines is 2. The van der Waals surface area contributed by atoms with Crippen molar-refractivity contribution in [3.63, 3.8) is 0 Å². The van der Waals surface area contributed by atoms with Crippen molar-refractivity contribution in [1.29, 1.82) is 0 Å². The summed E-state index contributed by atoms with van der Waals surface area (Å²) in [5, 5.41) is 7.02. The maximum absolute atomic E-state index is 11.9. The maximum atomic E-state index is 11.9. The van der Waals surface area contributed by atoms with E-state index in [1.807, 2.05) is 50.5 Å². The molecule has 0 spiro atoms. The van der Waals surface area contributed by atoms with E-state index < -0.39 is 0 Å². The van der Waals surface area contributed by atoms with Gasteiger partial charge in [-0.2, -0.15) is 0 Å². The summed E-state index contributed by atoms with van der Waals surface area (Å²) in [5.41, 5.74) is 2.54. The number of amides is 1. The Labute approximate surface area is 188 Å². The van der Waals surface area contributed by atoms with Crippen molar-refractivity contribution >= 4 is 34.4 Å². The van der Waals surface area contributed by atoms with Gasteiger partial charge >= 0.3 is 0 Å². The van der Waals surface area contributed by atoms with Crippen LogP contribution in [0.3, 0.4) is 0 Å². The van der Waals surface area contributed by atoms with Crippen LogP contribution < -0.4 is 20.1 Å². The Bertz CT molecular complexity index is 1080. The highest BCUT2D eigenvalue weighted by atomic mass is 16.5. The SMILES string of the molecule is COc1cc2ncnc(Nc3ccc(/C=C/C(=O)NCCCN(C)C)cc3)c2cc1OC. The number of methoxy groups -OCH3 is 2. The molecule has 0 atom stereocenters. The zero-order chi connectivity index (χ0) is 22.9. The lowest BCUT2D eigenvalue weighted by Crippen LogP contribution is -2.25. The van der Waals surface area contributed by atoms with Crippen molar-refractivity contribution in [3.05, 3.63) is 54.4 Å². The van der Waals surface area contributed by atoms with Gasteiger partial charge in [-0.1, -0.05) is 12.1 Å². The number of nitrogens with one attached hydrogen (secondary N) is 2. The summed E-state index contributed by atoms with van der Waals surface area (Å²) in [6.45, 7) is 1.61. The normalized spacial score (nSPS) is 11.2. The Hall–Kier alpha value is -3.65. The van der Waals surface area contributed by atoms with E-state index in [0.29, 0.717) is 23.9 Å². The second-order valence-electron chi connectivity index (χ2n) is 7.47. The second-order valence-corrected chi connectivity index (χ2v) is 7.47. The van der Waals surface area contributed by atoms with Crippen molar-refractivity contribution in [1.82, 2.24) is 20.2 Å². The minimum atomic E-state index is -0.0946. The van der Waals surface area contributed by atoms with E-state index in [-0.39, 0.29) is 5.91 Å². The smallest absolute Gasteiger partial charge is 0.243 e. The van der Waals surface area contributed by atoms with Crippen LogP contribution in [0.1, 0.15) is 12.0 Å². The molecule has 0 aliphatic heterocycles. The van der Waals surface area contributed by atoms with Crippen LogP contribution in [0.4, 0.5) is 11.5 Å². The number of fused-ring (bicyclic) bond motifs is 1. The first-order valence-corrected chi connectivity index (χ1v) is 10.3. The van der Waals surface area contributed by atoms with Crippen LogP contribution in [0.2, 0.25) is 0 Å². The molecule has 8 nitrogen and oxygen atoms in total. The van der Waals surface area contributed by atoms with Crippen molar-refractivity contribution in [2.24, 2.45) is 0 Å². The van der Waals surface area contributed by atoms with E-state index in [4.69, 9.17) is 9.47 Å². The largest absolute Gasteiger partial charge is 0.493 e. The van der Waals surface area contributed by atoms with Crippen LogP contribution >= 0.6 is 0 Å². The van der Waals surface area contributed by atoms with E-state index >= 15 is 0 Å². The molecule has 0 aliphatic rings. The van der Waals surface area contributed by atoms with Gasteiger partial charge in [-0.25, -0.2) is 9.97 Å². The van der Waals surface area contributed by atoms with Gasteiger partial charge in [0.05, 0.1) is 19.7 Å². The van der Waals surface area contributed by atoms with Crippen molar-refractivity contribution < 1.29 is 14.3 Å². The predicted molar refractivity (Wildman–Crippen MR) is 128 cm³/mol. The minimum Gasteiger partial charge on any atom is -0.493 e. The summed E-state index contributed by atoms with van der Waals surface area (Å²) in [4.78, 5) is 22.7. The molecule has 1 heterocycles. The molecular weight excluding hydrogens is 406 g/mol. The third-order valence-electron chi connectivity index (χ3n) is 4.82. The highest BCUT2D eigenvalue weighted by Gasteiger charge is 2.11. The van der Waals surface area contributed by atoms with Gasteiger partial charge in [0.2, 0.25) is 5.91 Å². The second kappa shape index (κ2) is 11.1. The lowest BCUT2D eigenvalue weighted by molar-refractivity contribution is -0.116. The van der Waals surface area contributed by atoms with Crippen LogP contribution in [-0.4, -0.2) is 62.2 Å². The van der Waals surface area contributed by atoms with Gasteiger partial charge in [-0.3, -0.25) is 4.79 Å². The average molecular weight is 436 g/mol. The first-order valence-electron chi connectivity index (χ1n) is 10.3. The topological polar surface area (TPSA) is 88.6 Å². The zero-order valence-corrected chi connectivity index (χ0v) is 18.9. The van der Waals surface area contributed by atoms with Crippen LogP contribution in [0.15, 0.2) is 48.8 Å². The third kappa shape index (κ3) is 6.18. The molecule has 8 heteroatoms. The lowest BCUT2D eigenvalue weighted by atomic mass is 10.1. The number of hydrogen-bond acceptors (Lipinski definition) is 7. The zero-order valence-electron chi connectivity index (χ0n) is 18.9. The van der Waals surface area contributed by atoms with E-state index in [9.17, 15) is 4.79 Å². The van der Waals surface area contributed by atoms with E-state index in [0.717, 1.165) is 35.1 Å². The molecule has 0 saturated carbocycles. The van der Waals surface area contributed by atoms with Gasteiger partial charge in [0, 0.05) is 29.8 Å². The van der Waals surface area contributed by atoms with Crippen LogP contribution in [-0.2, 0) is 4.79 Å². The molecule has 0 unspecified atom stereocenters. The number of aromatic nitrogens is 2. The van der Waals surface area contributed by atoms with E-state index in [1.54, 1.807) is 26.4 Å². The first kappa shape index (κ1) is 23.0. The van der Waals surface area contributed by atoms with E-state index in [2.05, 4.69) is 25.5 Å². The number of ether oxygens (including phenoxy) is 2. The minimum absolute atomic E-state index is 0.0946. The summed E-state index contributed by atoms with van der Waals surface area (Å²) in [6, 6.07) is 11.4. The summed E-state index contributed by atoms with van der Waals surface area (Å²) in [5.74, 6) is 1.79. The molecule has 2 aromatic carbocycles. The molecule has 0 saturated heterocycles.